The van der Waals surface area contributed by atoms with Crippen LogP contribution in [0.3, 0.4) is 0 Å². The fourth-order valence-corrected chi connectivity index (χ4v) is 4.66. The second kappa shape index (κ2) is 12.1. The number of benzene rings is 3. The summed E-state index contributed by atoms with van der Waals surface area (Å²) in [6, 6.07) is 24.7. The van der Waals surface area contributed by atoms with Gasteiger partial charge in [0, 0.05) is 29.9 Å². The van der Waals surface area contributed by atoms with E-state index in [-0.39, 0.29) is 24.7 Å². The molecule has 7 heteroatoms. The van der Waals surface area contributed by atoms with Gasteiger partial charge in [0.2, 0.25) is 0 Å². The van der Waals surface area contributed by atoms with Gasteiger partial charge in [-0.2, -0.15) is 0 Å². The third kappa shape index (κ3) is 6.06. The lowest BCUT2D eigenvalue weighted by molar-refractivity contribution is -0.140. The highest BCUT2D eigenvalue weighted by Gasteiger charge is 2.29. The predicted molar refractivity (Wildman–Crippen MR) is 146 cm³/mol. The van der Waals surface area contributed by atoms with Gasteiger partial charge in [-0.15, -0.1) is 0 Å². The van der Waals surface area contributed by atoms with Crippen molar-refractivity contribution in [1.82, 2.24) is 4.57 Å². The number of amides is 1. The van der Waals surface area contributed by atoms with Gasteiger partial charge < -0.3 is 15.0 Å². The Labute approximate surface area is 220 Å². The number of para-hydroxylation sites is 1. The zero-order chi connectivity index (χ0) is 27.1. The molecule has 0 fully saturated rings. The molecule has 0 saturated heterocycles. The summed E-state index contributed by atoms with van der Waals surface area (Å²) in [5.74, 6) is -2.27. The van der Waals surface area contributed by atoms with E-state index in [9.17, 15) is 18.8 Å². The zero-order valence-electron chi connectivity index (χ0n) is 21.1. The average Bonchev–Trinajstić information content (AvgIpc) is 3.23. The van der Waals surface area contributed by atoms with Crippen LogP contribution in [0.25, 0.3) is 22.4 Å². The first kappa shape index (κ1) is 26.5. The van der Waals surface area contributed by atoms with Crippen molar-refractivity contribution in [2.24, 2.45) is 0 Å². The molecular formula is C31H29FN2O4. The molecule has 0 aliphatic heterocycles. The molecule has 0 radical (unpaired) electrons. The maximum absolute atomic E-state index is 13.9. The molecule has 1 heterocycles. The number of hydrogen-bond acceptors (Lipinski definition) is 3. The van der Waals surface area contributed by atoms with Crippen LogP contribution < -0.4 is 5.32 Å². The van der Waals surface area contributed by atoms with Crippen LogP contribution in [0.5, 0.6) is 0 Å². The van der Waals surface area contributed by atoms with Crippen molar-refractivity contribution in [2.75, 3.05) is 5.32 Å². The number of carbonyl (C=O) groups is 3. The number of carboxylic acid groups (broad SMARTS) is 1. The summed E-state index contributed by atoms with van der Waals surface area (Å²) < 4.78 is 15.8. The summed E-state index contributed by atoms with van der Waals surface area (Å²) in [4.78, 5) is 37.4. The normalized spacial score (nSPS) is 10.8. The molecule has 0 bridgehead atoms. The van der Waals surface area contributed by atoms with Gasteiger partial charge in [0.05, 0.1) is 11.3 Å². The van der Waals surface area contributed by atoms with E-state index in [1.807, 2.05) is 72.2 Å². The molecule has 0 aliphatic rings. The fourth-order valence-electron chi connectivity index (χ4n) is 4.66. The molecule has 0 aliphatic carbocycles. The Morgan fingerprint density at radius 3 is 2.11 bits per heavy atom. The Bertz CT molecular complexity index is 1430. The summed E-state index contributed by atoms with van der Waals surface area (Å²) >= 11 is 0. The van der Waals surface area contributed by atoms with Crippen LogP contribution >= 0.6 is 0 Å². The number of carbonyl (C=O) groups excluding carboxylic acids is 2. The minimum atomic E-state index is -1.18. The van der Waals surface area contributed by atoms with Crippen LogP contribution in [0.2, 0.25) is 0 Å². The first-order chi connectivity index (χ1) is 18.4. The Balaban J connectivity index is 1.97. The number of hydrogen-bond donors (Lipinski definition) is 2. The SMILES string of the molecule is CCCc1c(C(=O)Nc2ccccc2)c(-c2ccccc2)c(-c2ccc(F)cc2)n1CCC(=O)CC(=O)O. The van der Waals surface area contributed by atoms with E-state index in [4.69, 9.17) is 5.11 Å². The molecule has 0 atom stereocenters. The van der Waals surface area contributed by atoms with Gasteiger partial charge >= 0.3 is 5.97 Å². The largest absolute Gasteiger partial charge is 0.481 e. The molecule has 3 aromatic carbocycles. The monoisotopic (exact) mass is 512 g/mol. The third-order valence-electron chi connectivity index (χ3n) is 6.26. The lowest BCUT2D eigenvalue weighted by Gasteiger charge is -2.15. The highest BCUT2D eigenvalue weighted by molar-refractivity contribution is 6.12. The molecule has 1 amide bonds. The van der Waals surface area contributed by atoms with Crippen molar-refractivity contribution in [1.29, 1.82) is 0 Å². The number of nitrogens with zero attached hydrogens (tertiary/aromatic N) is 1. The van der Waals surface area contributed by atoms with Crippen molar-refractivity contribution in [2.45, 2.75) is 39.2 Å². The van der Waals surface area contributed by atoms with Crippen molar-refractivity contribution in [3.63, 3.8) is 0 Å². The summed E-state index contributed by atoms with van der Waals surface area (Å²) in [5.41, 5.74) is 4.71. The van der Waals surface area contributed by atoms with Crippen LogP contribution in [0.4, 0.5) is 10.1 Å². The molecule has 4 rings (SSSR count). The molecule has 2 N–H and O–H groups in total. The van der Waals surface area contributed by atoms with E-state index in [2.05, 4.69) is 5.32 Å². The smallest absolute Gasteiger partial charge is 0.310 e. The molecular weight excluding hydrogens is 483 g/mol. The minimum Gasteiger partial charge on any atom is -0.481 e. The van der Waals surface area contributed by atoms with Gasteiger partial charge in [-0.3, -0.25) is 14.4 Å². The van der Waals surface area contributed by atoms with Crippen molar-refractivity contribution in [3.8, 4) is 22.4 Å². The van der Waals surface area contributed by atoms with Crippen LogP contribution in [0, 0.1) is 5.82 Å². The summed E-state index contributed by atoms with van der Waals surface area (Å²) in [6.07, 6.45) is 0.699. The second-order valence-electron chi connectivity index (χ2n) is 9.00. The Morgan fingerprint density at radius 2 is 1.50 bits per heavy atom. The molecule has 38 heavy (non-hydrogen) atoms. The highest BCUT2D eigenvalue weighted by atomic mass is 19.1. The average molecular weight is 513 g/mol. The van der Waals surface area contributed by atoms with Crippen molar-refractivity contribution >= 4 is 23.3 Å². The third-order valence-corrected chi connectivity index (χ3v) is 6.26. The van der Waals surface area contributed by atoms with E-state index < -0.39 is 18.2 Å². The molecule has 6 nitrogen and oxygen atoms in total. The van der Waals surface area contributed by atoms with Crippen LogP contribution in [0.1, 0.15) is 42.2 Å². The topological polar surface area (TPSA) is 88.4 Å². The maximum Gasteiger partial charge on any atom is 0.310 e. The van der Waals surface area contributed by atoms with Gasteiger partial charge in [0.25, 0.3) is 5.91 Å². The quantitative estimate of drug-likeness (QED) is 0.222. The molecule has 0 saturated carbocycles. The first-order valence-corrected chi connectivity index (χ1v) is 12.6. The number of Topliss-reactive ketones (excluding diaryl/α,β-unsaturated/α-hetero) is 1. The Morgan fingerprint density at radius 1 is 0.868 bits per heavy atom. The van der Waals surface area contributed by atoms with Gasteiger partial charge in [-0.05, 0) is 53.9 Å². The lowest BCUT2D eigenvalue weighted by Crippen LogP contribution is -2.16. The number of carboxylic acids is 1. The van der Waals surface area contributed by atoms with Gasteiger partial charge in [-0.25, -0.2) is 4.39 Å². The molecule has 0 unspecified atom stereocenters. The van der Waals surface area contributed by atoms with Gasteiger partial charge in [-0.1, -0.05) is 61.9 Å². The van der Waals surface area contributed by atoms with E-state index >= 15 is 0 Å². The first-order valence-electron chi connectivity index (χ1n) is 12.6. The molecule has 1 aromatic heterocycles. The molecule has 194 valence electrons. The summed E-state index contributed by atoms with van der Waals surface area (Å²) in [5, 5.41) is 12.1. The second-order valence-corrected chi connectivity index (χ2v) is 9.00. The van der Waals surface area contributed by atoms with Gasteiger partial charge in [0.1, 0.15) is 18.0 Å². The van der Waals surface area contributed by atoms with Crippen molar-refractivity contribution in [3.05, 3.63) is 102 Å². The van der Waals surface area contributed by atoms with Crippen LogP contribution in [-0.2, 0) is 22.6 Å². The number of rotatable bonds is 11. The predicted octanol–water partition coefficient (Wildman–Crippen LogP) is 6.60. The summed E-state index contributed by atoms with van der Waals surface area (Å²) in [7, 11) is 0. The number of halogens is 1. The van der Waals surface area contributed by atoms with Gasteiger partial charge in [0.15, 0.2) is 0 Å². The van der Waals surface area contributed by atoms with E-state index in [0.29, 0.717) is 34.5 Å². The Kier molecular flexibility index (Phi) is 8.48. The van der Waals surface area contributed by atoms with Crippen molar-refractivity contribution < 1.29 is 23.9 Å². The summed E-state index contributed by atoms with van der Waals surface area (Å²) in [6.45, 7) is 2.19. The number of aliphatic carboxylic acids is 1. The van der Waals surface area contributed by atoms with E-state index in [1.165, 1.54) is 12.1 Å². The van der Waals surface area contributed by atoms with Crippen LogP contribution in [-0.4, -0.2) is 27.3 Å². The van der Waals surface area contributed by atoms with E-state index in [0.717, 1.165) is 17.7 Å². The standard InChI is InChI=1S/C31H29FN2O4/c1-2-9-26-29(31(38)33-24-12-7-4-8-13-24)28(21-10-5-3-6-11-21)30(22-14-16-23(32)17-15-22)34(26)19-18-25(35)20-27(36)37/h3-8,10-17H,2,9,18-20H2,1H3,(H,33,38)(H,36,37). The Hall–Kier alpha value is -4.52. The molecule has 0 spiro atoms. The number of anilines is 1. The van der Waals surface area contributed by atoms with Crippen LogP contribution in [0.15, 0.2) is 84.9 Å². The number of nitrogens with one attached hydrogen (secondary N) is 1. The maximum atomic E-state index is 13.9. The minimum absolute atomic E-state index is 0.0140. The zero-order valence-corrected chi connectivity index (χ0v) is 21.1. The molecule has 4 aromatic rings. The number of aromatic nitrogens is 1. The van der Waals surface area contributed by atoms with E-state index in [1.54, 1.807) is 12.1 Å². The highest BCUT2D eigenvalue weighted by Crippen LogP contribution is 2.40. The fraction of sp³-hybridized carbons (Fsp3) is 0.194. The lowest BCUT2D eigenvalue weighted by atomic mass is 9.95. The number of ketones is 1.